The van der Waals surface area contributed by atoms with Gasteiger partial charge in [-0.3, -0.25) is 19.7 Å². The number of anilines is 2. The molecule has 0 unspecified atom stereocenters. The maximum absolute atomic E-state index is 12.7. The standard InChI is InChI=1S/C18H20N4O4S/c1-18(2,3)16(24)20-17-19-11(10-27-17)9-15(23)21-8-7-12-13(21)5-4-6-14(12)22(25)26/h4-6,10H,7-9H2,1-3H3,(H,19,20,24). The van der Waals surface area contributed by atoms with Gasteiger partial charge >= 0.3 is 0 Å². The van der Waals surface area contributed by atoms with E-state index in [9.17, 15) is 19.7 Å². The van der Waals surface area contributed by atoms with Crippen molar-refractivity contribution in [3.8, 4) is 0 Å². The van der Waals surface area contributed by atoms with E-state index in [1.54, 1.807) is 22.4 Å². The molecule has 1 aliphatic rings. The number of aromatic nitrogens is 1. The molecule has 0 radical (unpaired) electrons. The Hall–Kier alpha value is -2.81. The fourth-order valence-electron chi connectivity index (χ4n) is 2.83. The second-order valence-electron chi connectivity index (χ2n) is 7.35. The summed E-state index contributed by atoms with van der Waals surface area (Å²) in [5, 5.41) is 16.1. The normalized spacial score (nSPS) is 13.4. The lowest BCUT2D eigenvalue weighted by atomic mass is 9.96. The lowest BCUT2D eigenvalue weighted by Gasteiger charge is -2.17. The van der Waals surface area contributed by atoms with Gasteiger partial charge in [0, 0.05) is 23.4 Å². The molecule has 9 heteroatoms. The Morgan fingerprint density at radius 2 is 2.11 bits per heavy atom. The van der Waals surface area contributed by atoms with E-state index in [1.807, 2.05) is 20.8 Å². The van der Waals surface area contributed by atoms with Crippen LogP contribution in [0.3, 0.4) is 0 Å². The second kappa shape index (κ2) is 7.07. The molecule has 142 valence electrons. The average molecular weight is 388 g/mol. The first-order chi connectivity index (χ1) is 12.7. The first kappa shape index (κ1) is 19.0. The van der Waals surface area contributed by atoms with Crippen LogP contribution in [-0.4, -0.2) is 28.3 Å². The molecule has 1 N–H and O–H groups in total. The number of nitrogens with zero attached hydrogens (tertiary/aromatic N) is 3. The van der Waals surface area contributed by atoms with Gasteiger partial charge < -0.3 is 10.2 Å². The molecule has 0 saturated heterocycles. The predicted molar refractivity (Wildman–Crippen MR) is 103 cm³/mol. The molecule has 0 saturated carbocycles. The Balaban J connectivity index is 1.71. The number of nitro benzene ring substituents is 1. The minimum absolute atomic E-state index is 0.0450. The van der Waals surface area contributed by atoms with Crippen LogP contribution in [0, 0.1) is 15.5 Å². The Labute approximate surface area is 160 Å². The monoisotopic (exact) mass is 388 g/mol. The summed E-state index contributed by atoms with van der Waals surface area (Å²) in [7, 11) is 0. The molecule has 0 bridgehead atoms. The maximum Gasteiger partial charge on any atom is 0.274 e. The number of amides is 2. The fraction of sp³-hybridized carbons (Fsp3) is 0.389. The summed E-state index contributed by atoms with van der Waals surface area (Å²) < 4.78 is 0. The molecule has 8 nitrogen and oxygen atoms in total. The number of thiazole rings is 1. The summed E-state index contributed by atoms with van der Waals surface area (Å²) in [4.78, 5) is 41.3. The molecule has 2 aromatic rings. The Bertz CT molecular complexity index is 916. The highest BCUT2D eigenvalue weighted by atomic mass is 32.1. The van der Waals surface area contributed by atoms with Crippen molar-refractivity contribution in [3.05, 3.63) is 45.0 Å². The van der Waals surface area contributed by atoms with Crippen molar-refractivity contribution < 1.29 is 14.5 Å². The Kier molecular flexibility index (Phi) is 4.97. The van der Waals surface area contributed by atoms with Crippen LogP contribution in [0.5, 0.6) is 0 Å². The second-order valence-corrected chi connectivity index (χ2v) is 8.21. The fourth-order valence-corrected chi connectivity index (χ4v) is 3.53. The SMILES string of the molecule is CC(C)(C)C(=O)Nc1nc(CC(=O)N2CCc3c2cccc3[N+](=O)[O-])cs1. The zero-order chi connectivity index (χ0) is 19.8. The Morgan fingerprint density at radius 3 is 2.78 bits per heavy atom. The van der Waals surface area contributed by atoms with Crippen molar-refractivity contribution in [2.24, 2.45) is 5.41 Å². The molecule has 1 aliphatic heterocycles. The molecule has 2 amide bonds. The lowest BCUT2D eigenvalue weighted by molar-refractivity contribution is -0.385. The van der Waals surface area contributed by atoms with Crippen LogP contribution in [0.4, 0.5) is 16.5 Å². The van der Waals surface area contributed by atoms with Crippen LogP contribution in [0.25, 0.3) is 0 Å². The average Bonchev–Trinajstić information content (AvgIpc) is 3.20. The van der Waals surface area contributed by atoms with Crippen molar-refractivity contribution in [1.29, 1.82) is 0 Å². The number of hydrogen-bond acceptors (Lipinski definition) is 6. The predicted octanol–water partition coefficient (Wildman–Crippen LogP) is 3.17. The number of carbonyl (C=O) groups is 2. The highest BCUT2D eigenvalue weighted by Gasteiger charge is 2.30. The van der Waals surface area contributed by atoms with Crippen LogP contribution < -0.4 is 10.2 Å². The lowest BCUT2D eigenvalue weighted by Crippen LogP contribution is -2.30. The third-order valence-electron chi connectivity index (χ3n) is 4.29. The van der Waals surface area contributed by atoms with E-state index in [0.717, 1.165) is 0 Å². The molecule has 1 aromatic heterocycles. The van der Waals surface area contributed by atoms with Gasteiger partial charge in [0.25, 0.3) is 5.69 Å². The number of nitro groups is 1. The van der Waals surface area contributed by atoms with E-state index < -0.39 is 10.3 Å². The molecule has 3 rings (SSSR count). The van der Waals surface area contributed by atoms with Gasteiger partial charge in [0.05, 0.1) is 28.3 Å². The van der Waals surface area contributed by atoms with Gasteiger partial charge in [-0.1, -0.05) is 26.8 Å². The van der Waals surface area contributed by atoms with Crippen molar-refractivity contribution in [3.63, 3.8) is 0 Å². The van der Waals surface area contributed by atoms with Gasteiger partial charge in [-0.2, -0.15) is 0 Å². The van der Waals surface area contributed by atoms with Gasteiger partial charge in [0.1, 0.15) is 0 Å². The van der Waals surface area contributed by atoms with E-state index >= 15 is 0 Å². The van der Waals surface area contributed by atoms with Crippen LogP contribution in [0.1, 0.15) is 32.0 Å². The number of benzene rings is 1. The molecule has 2 heterocycles. The minimum Gasteiger partial charge on any atom is -0.311 e. The van der Waals surface area contributed by atoms with Crippen molar-refractivity contribution in [2.75, 3.05) is 16.8 Å². The Morgan fingerprint density at radius 1 is 1.37 bits per heavy atom. The van der Waals surface area contributed by atoms with Crippen LogP contribution >= 0.6 is 11.3 Å². The van der Waals surface area contributed by atoms with Crippen LogP contribution in [-0.2, 0) is 22.4 Å². The summed E-state index contributed by atoms with van der Waals surface area (Å²) in [6.07, 6.45) is 0.534. The highest BCUT2D eigenvalue weighted by molar-refractivity contribution is 7.13. The third kappa shape index (κ3) is 3.97. The van der Waals surface area contributed by atoms with Crippen LogP contribution in [0.2, 0.25) is 0 Å². The van der Waals surface area contributed by atoms with Gasteiger partial charge in [-0.25, -0.2) is 4.98 Å². The largest absolute Gasteiger partial charge is 0.311 e. The highest BCUT2D eigenvalue weighted by Crippen LogP contribution is 2.35. The smallest absolute Gasteiger partial charge is 0.274 e. The summed E-state index contributed by atoms with van der Waals surface area (Å²) >= 11 is 1.27. The summed E-state index contributed by atoms with van der Waals surface area (Å²) in [5.74, 6) is -0.316. The van der Waals surface area contributed by atoms with Crippen molar-refractivity contribution in [1.82, 2.24) is 4.98 Å². The zero-order valence-corrected chi connectivity index (χ0v) is 16.1. The molecular weight excluding hydrogens is 368 g/mol. The first-order valence-electron chi connectivity index (χ1n) is 8.49. The first-order valence-corrected chi connectivity index (χ1v) is 9.37. The van der Waals surface area contributed by atoms with E-state index in [2.05, 4.69) is 10.3 Å². The van der Waals surface area contributed by atoms with E-state index in [4.69, 9.17) is 0 Å². The molecule has 0 spiro atoms. The maximum atomic E-state index is 12.7. The van der Waals surface area contributed by atoms with E-state index in [-0.39, 0.29) is 23.9 Å². The minimum atomic E-state index is -0.532. The van der Waals surface area contributed by atoms with Gasteiger partial charge in [0.2, 0.25) is 11.8 Å². The molecule has 0 fully saturated rings. The molecule has 1 aromatic carbocycles. The van der Waals surface area contributed by atoms with E-state index in [1.165, 1.54) is 17.4 Å². The third-order valence-corrected chi connectivity index (χ3v) is 5.09. The number of rotatable bonds is 4. The zero-order valence-electron chi connectivity index (χ0n) is 15.3. The van der Waals surface area contributed by atoms with Gasteiger partial charge in [0.15, 0.2) is 5.13 Å². The van der Waals surface area contributed by atoms with Crippen molar-refractivity contribution >= 4 is 39.7 Å². The number of hydrogen-bond donors (Lipinski definition) is 1. The topological polar surface area (TPSA) is 105 Å². The molecule has 0 atom stereocenters. The van der Waals surface area contributed by atoms with Crippen molar-refractivity contribution in [2.45, 2.75) is 33.6 Å². The summed E-state index contributed by atoms with van der Waals surface area (Å²) in [5.41, 5.74) is 1.25. The number of carbonyl (C=O) groups excluding carboxylic acids is 2. The molecule has 27 heavy (non-hydrogen) atoms. The van der Waals surface area contributed by atoms with Gasteiger partial charge in [-0.15, -0.1) is 11.3 Å². The summed E-state index contributed by atoms with van der Waals surface area (Å²) in [6, 6.07) is 4.77. The quantitative estimate of drug-likeness (QED) is 0.640. The molecule has 0 aliphatic carbocycles. The number of fused-ring (bicyclic) bond motifs is 1. The number of nitrogens with one attached hydrogen (secondary N) is 1. The molecular formula is C18H20N4O4S. The van der Waals surface area contributed by atoms with Crippen LogP contribution in [0.15, 0.2) is 23.6 Å². The van der Waals surface area contributed by atoms with Gasteiger partial charge in [-0.05, 0) is 12.5 Å². The summed E-state index contributed by atoms with van der Waals surface area (Å²) in [6.45, 7) is 5.84. The van der Waals surface area contributed by atoms with E-state index in [0.29, 0.717) is 35.0 Å².